The first-order valence-electron chi connectivity index (χ1n) is 9.26. The smallest absolute Gasteiger partial charge is 0.337 e. The molecule has 0 aliphatic carbocycles. The minimum atomic E-state index is -0.846. The van der Waals surface area contributed by atoms with Gasteiger partial charge in [0.25, 0.3) is 0 Å². The molecule has 2 aromatic rings. The summed E-state index contributed by atoms with van der Waals surface area (Å²) in [7, 11) is 2.87. The van der Waals surface area contributed by atoms with E-state index in [0.29, 0.717) is 13.2 Å². The number of hydrogen-bond acceptors (Lipinski definition) is 6. The summed E-state index contributed by atoms with van der Waals surface area (Å²) in [6.07, 6.45) is -2.31. The van der Waals surface area contributed by atoms with Gasteiger partial charge in [-0.2, -0.15) is 0 Å². The molecule has 1 aliphatic heterocycles. The van der Waals surface area contributed by atoms with E-state index in [4.69, 9.17) is 23.7 Å². The Morgan fingerprint density at radius 2 is 1.50 bits per heavy atom. The minimum Gasteiger partial charge on any atom is -0.467 e. The molecular weight excluding hydrogens is 360 g/mol. The molecule has 0 amide bonds. The Labute approximate surface area is 165 Å². The normalized spacial score (nSPS) is 24.2. The molecule has 0 aromatic heterocycles. The Morgan fingerprint density at radius 1 is 0.893 bits per heavy atom. The van der Waals surface area contributed by atoms with Gasteiger partial charge in [-0.05, 0) is 11.1 Å². The van der Waals surface area contributed by atoms with Crippen LogP contribution < -0.4 is 0 Å². The van der Waals surface area contributed by atoms with Crippen molar-refractivity contribution in [3.8, 4) is 0 Å². The van der Waals surface area contributed by atoms with Crippen LogP contribution >= 0.6 is 0 Å². The molecular formula is C22H26O6. The Morgan fingerprint density at radius 3 is 2.07 bits per heavy atom. The van der Waals surface area contributed by atoms with Gasteiger partial charge in [0.15, 0.2) is 6.10 Å². The second-order valence-electron chi connectivity index (χ2n) is 6.58. The first-order valence-corrected chi connectivity index (χ1v) is 9.26. The number of ether oxygens (including phenoxy) is 5. The SMILES string of the molecule is COC(=O)[C@@H]1O[C@H](COCc2ccccc2)[C@H](OCc2ccccc2)[C@H]1OC. The van der Waals surface area contributed by atoms with Crippen molar-refractivity contribution < 1.29 is 28.5 Å². The molecule has 4 atom stereocenters. The summed E-state index contributed by atoms with van der Waals surface area (Å²) in [6, 6.07) is 19.7. The largest absolute Gasteiger partial charge is 0.467 e. The fraction of sp³-hybridized carbons (Fsp3) is 0.409. The molecule has 0 spiro atoms. The fourth-order valence-electron chi connectivity index (χ4n) is 3.26. The van der Waals surface area contributed by atoms with E-state index in [2.05, 4.69) is 0 Å². The van der Waals surface area contributed by atoms with Crippen LogP contribution in [-0.4, -0.2) is 51.2 Å². The van der Waals surface area contributed by atoms with Crippen LogP contribution in [0.15, 0.2) is 60.7 Å². The van der Waals surface area contributed by atoms with Crippen molar-refractivity contribution in [2.24, 2.45) is 0 Å². The lowest BCUT2D eigenvalue weighted by molar-refractivity contribution is -0.159. The summed E-state index contributed by atoms with van der Waals surface area (Å²) < 4.78 is 28.2. The van der Waals surface area contributed by atoms with Gasteiger partial charge >= 0.3 is 5.97 Å². The van der Waals surface area contributed by atoms with E-state index in [1.54, 1.807) is 0 Å². The van der Waals surface area contributed by atoms with Gasteiger partial charge in [0.05, 0.1) is 26.9 Å². The summed E-state index contributed by atoms with van der Waals surface area (Å²) in [5, 5.41) is 0. The van der Waals surface area contributed by atoms with Gasteiger partial charge in [-0.25, -0.2) is 4.79 Å². The van der Waals surface area contributed by atoms with Crippen LogP contribution in [0, 0.1) is 0 Å². The number of benzene rings is 2. The molecule has 0 saturated carbocycles. The molecule has 0 bridgehead atoms. The number of hydrogen-bond donors (Lipinski definition) is 0. The zero-order chi connectivity index (χ0) is 19.8. The van der Waals surface area contributed by atoms with Crippen LogP contribution in [0.25, 0.3) is 0 Å². The monoisotopic (exact) mass is 386 g/mol. The molecule has 2 aromatic carbocycles. The Bertz CT molecular complexity index is 720. The second-order valence-corrected chi connectivity index (χ2v) is 6.58. The van der Waals surface area contributed by atoms with Gasteiger partial charge in [0.1, 0.15) is 18.3 Å². The highest BCUT2D eigenvalue weighted by Crippen LogP contribution is 2.28. The van der Waals surface area contributed by atoms with E-state index in [1.807, 2.05) is 60.7 Å². The number of carbonyl (C=O) groups excluding carboxylic acids is 1. The Hall–Kier alpha value is -2.25. The number of carbonyl (C=O) groups is 1. The summed E-state index contributed by atoms with van der Waals surface area (Å²) in [6.45, 7) is 1.12. The zero-order valence-corrected chi connectivity index (χ0v) is 16.2. The maximum Gasteiger partial charge on any atom is 0.337 e. The summed E-state index contributed by atoms with van der Waals surface area (Å²) in [4.78, 5) is 12.1. The standard InChI is InChI=1S/C22H26O6/c1-24-20-19(27-14-17-11-7-4-8-12-17)18(28-21(20)22(23)25-2)15-26-13-16-9-5-3-6-10-16/h3-12,18-21H,13-15H2,1-2H3/t18-,19+,20-,21-/m1/s1. The maximum absolute atomic E-state index is 12.1. The molecule has 1 aliphatic rings. The van der Waals surface area contributed by atoms with Crippen molar-refractivity contribution in [3.05, 3.63) is 71.8 Å². The van der Waals surface area contributed by atoms with Crippen LogP contribution in [0.3, 0.4) is 0 Å². The highest BCUT2D eigenvalue weighted by Gasteiger charge is 2.49. The predicted molar refractivity (Wildman–Crippen MR) is 103 cm³/mol. The van der Waals surface area contributed by atoms with Gasteiger partial charge in [-0.1, -0.05) is 60.7 Å². The molecule has 0 radical (unpaired) electrons. The van der Waals surface area contributed by atoms with Crippen LogP contribution in [0.4, 0.5) is 0 Å². The average molecular weight is 386 g/mol. The number of esters is 1. The van der Waals surface area contributed by atoms with Gasteiger partial charge < -0.3 is 23.7 Å². The topological polar surface area (TPSA) is 63.2 Å². The van der Waals surface area contributed by atoms with Crippen LogP contribution in [-0.2, 0) is 41.7 Å². The maximum atomic E-state index is 12.1. The molecule has 0 unspecified atom stereocenters. The second kappa shape index (κ2) is 10.3. The van der Waals surface area contributed by atoms with Gasteiger partial charge in [0, 0.05) is 7.11 Å². The average Bonchev–Trinajstić information content (AvgIpc) is 3.10. The van der Waals surface area contributed by atoms with Gasteiger partial charge in [-0.3, -0.25) is 0 Å². The fourth-order valence-corrected chi connectivity index (χ4v) is 3.26. The third-order valence-corrected chi connectivity index (χ3v) is 4.69. The molecule has 1 fully saturated rings. The third-order valence-electron chi connectivity index (χ3n) is 4.69. The molecule has 1 heterocycles. The summed E-state index contributed by atoms with van der Waals surface area (Å²) in [5.41, 5.74) is 2.10. The van der Waals surface area contributed by atoms with Crippen molar-refractivity contribution in [1.29, 1.82) is 0 Å². The van der Waals surface area contributed by atoms with E-state index >= 15 is 0 Å². The number of methoxy groups -OCH3 is 2. The van der Waals surface area contributed by atoms with Crippen molar-refractivity contribution in [2.75, 3.05) is 20.8 Å². The number of rotatable bonds is 9. The van der Waals surface area contributed by atoms with Crippen LogP contribution in [0.1, 0.15) is 11.1 Å². The lowest BCUT2D eigenvalue weighted by Gasteiger charge is -2.23. The lowest BCUT2D eigenvalue weighted by atomic mass is 10.1. The molecule has 0 N–H and O–H groups in total. The first-order chi connectivity index (χ1) is 13.7. The van der Waals surface area contributed by atoms with Crippen molar-refractivity contribution in [1.82, 2.24) is 0 Å². The Kier molecular flexibility index (Phi) is 7.56. The predicted octanol–water partition coefficient (Wildman–Crippen LogP) is 2.74. The van der Waals surface area contributed by atoms with E-state index in [-0.39, 0.29) is 6.61 Å². The Balaban J connectivity index is 1.65. The van der Waals surface area contributed by atoms with Gasteiger partial charge in [-0.15, -0.1) is 0 Å². The molecule has 6 heteroatoms. The molecule has 150 valence electrons. The third kappa shape index (κ3) is 5.17. The van der Waals surface area contributed by atoms with Crippen molar-refractivity contribution in [3.63, 3.8) is 0 Å². The lowest BCUT2D eigenvalue weighted by Crippen LogP contribution is -2.40. The van der Waals surface area contributed by atoms with Crippen molar-refractivity contribution >= 4 is 5.97 Å². The first kappa shape index (κ1) is 20.5. The van der Waals surface area contributed by atoms with Crippen LogP contribution in [0.5, 0.6) is 0 Å². The minimum absolute atomic E-state index is 0.279. The van der Waals surface area contributed by atoms with Crippen LogP contribution in [0.2, 0.25) is 0 Å². The molecule has 6 nitrogen and oxygen atoms in total. The summed E-state index contributed by atoms with van der Waals surface area (Å²) >= 11 is 0. The highest BCUT2D eigenvalue weighted by molar-refractivity contribution is 5.76. The van der Waals surface area contributed by atoms with Gasteiger partial charge in [0.2, 0.25) is 0 Å². The molecule has 1 saturated heterocycles. The zero-order valence-electron chi connectivity index (χ0n) is 16.2. The molecule has 3 rings (SSSR count). The van der Waals surface area contributed by atoms with E-state index in [0.717, 1.165) is 11.1 Å². The highest BCUT2D eigenvalue weighted by atomic mass is 16.6. The van der Waals surface area contributed by atoms with E-state index < -0.39 is 30.4 Å². The molecule has 28 heavy (non-hydrogen) atoms. The van der Waals surface area contributed by atoms with Crippen molar-refractivity contribution in [2.45, 2.75) is 37.6 Å². The quantitative estimate of drug-likeness (QED) is 0.618. The summed E-state index contributed by atoms with van der Waals surface area (Å²) in [5.74, 6) is -0.481. The van der Waals surface area contributed by atoms with E-state index in [9.17, 15) is 4.79 Å². The van der Waals surface area contributed by atoms with E-state index in [1.165, 1.54) is 14.2 Å².